The second-order valence-corrected chi connectivity index (χ2v) is 2.57. The largest absolute Gasteiger partial charge is 0.471 e. The minimum absolute atomic E-state index is 0.0560. The van der Waals surface area contributed by atoms with Gasteiger partial charge in [-0.1, -0.05) is 5.16 Å². The Kier molecular flexibility index (Phi) is 2.55. The topological polar surface area (TPSA) is 59.2 Å². The Bertz CT molecular complexity index is 282. The molecular weight excluding hydrogens is 189 g/mol. The molecule has 0 radical (unpaired) electrons. The fourth-order valence-electron chi connectivity index (χ4n) is 0.716. The van der Waals surface area contributed by atoms with Gasteiger partial charge in [0, 0.05) is 6.42 Å². The van der Waals surface area contributed by atoms with Crippen molar-refractivity contribution in [3.8, 4) is 0 Å². The van der Waals surface area contributed by atoms with Gasteiger partial charge in [-0.25, -0.2) is 0 Å². The predicted molar refractivity (Wildman–Crippen MR) is 34.7 cm³/mol. The number of aliphatic hydroxyl groups is 1. The van der Waals surface area contributed by atoms with Gasteiger partial charge in [0.05, 0.1) is 6.10 Å². The first-order valence-corrected chi connectivity index (χ1v) is 3.47. The molecule has 0 saturated carbocycles. The van der Waals surface area contributed by atoms with E-state index in [2.05, 4.69) is 14.7 Å². The molecule has 1 atom stereocenters. The Balaban J connectivity index is 2.75. The summed E-state index contributed by atoms with van der Waals surface area (Å²) >= 11 is 0. The first kappa shape index (κ1) is 9.97. The second kappa shape index (κ2) is 3.33. The van der Waals surface area contributed by atoms with Crippen molar-refractivity contribution in [3.63, 3.8) is 0 Å². The van der Waals surface area contributed by atoms with Gasteiger partial charge in [-0.2, -0.15) is 18.2 Å². The Morgan fingerprint density at radius 2 is 2.15 bits per heavy atom. The predicted octanol–water partition coefficient (Wildman–Crippen LogP) is 1.01. The fourth-order valence-corrected chi connectivity index (χ4v) is 0.716. The molecule has 7 heteroatoms. The van der Waals surface area contributed by atoms with Crippen molar-refractivity contribution in [2.75, 3.05) is 0 Å². The van der Waals surface area contributed by atoms with Crippen molar-refractivity contribution in [2.24, 2.45) is 0 Å². The Morgan fingerprint density at radius 1 is 1.54 bits per heavy atom. The molecule has 1 N–H and O–H groups in total. The molecule has 13 heavy (non-hydrogen) atoms. The van der Waals surface area contributed by atoms with E-state index in [4.69, 9.17) is 5.11 Å². The molecule has 0 aromatic carbocycles. The molecule has 1 heterocycles. The summed E-state index contributed by atoms with van der Waals surface area (Å²) in [6.45, 7) is 1.42. The van der Waals surface area contributed by atoms with E-state index in [9.17, 15) is 13.2 Å². The van der Waals surface area contributed by atoms with Crippen LogP contribution in [0.4, 0.5) is 13.2 Å². The highest BCUT2D eigenvalue weighted by molar-refractivity contribution is 4.90. The first-order valence-electron chi connectivity index (χ1n) is 3.47. The summed E-state index contributed by atoms with van der Waals surface area (Å²) < 4.78 is 39.6. The Labute approximate surface area is 71.4 Å². The number of aromatic nitrogens is 2. The summed E-state index contributed by atoms with van der Waals surface area (Å²) in [5, 5.41) is 11.9. The molecule has 1 aromatic heterocycles. The van der Waals surface area contributed by atoms with Crippen LogP contribution in [0.25, 0.3) is 0 Å². The lowest BCUT2D eigenvalue weighted by atomic mass is 10.3. The molecule has 0 aliphatic heterocycles. The van der Waals surface area contributed by atoms with Gasteiger partial charge < -0.3 is 9.63 Å². The van der Waals surface area contributed by atoms with Gasteiger partial charge in [-0.3, -0.25) is 0 Å². The maximum Gasteiger partial charge on any atom is 0.471 e. The molecule has 4 nitrogen and oxygen atoms in total. The van der Waals surface area contributed by atoms with Crippen LogP contribution in [0.5, 0.6) is 0 Å². The second-order valence-electron chi connectivity index (χ2n) is 2.57. The minimum Gasteiger partial charge on any atom is -0.393 e. The molecule has 0 amide bonds. The van der Waals surface area contributed by atoms with Crippen molar-refractivity contribution < 1.29 is 22.8 Å². The summed E-state index contributed by atoms with van der Waals surface area (Å²) in [7, 11) is 0. The molecule has 1 rings (SSSR count). The zero-order chi connectivity index (χ0) is 10.1. The average Bonchev–Trinajstić information content (AvgIpc) is 2.32. The van der Waals surface area contributed by atoms with Crippen LogP contribution < -0.4 is 0 Å². The van der Waals surface area contributed by atoms with Crippen LogP contribution in [0.15, 0.2) is 4.52 Å². The fraction of sp³-hybridized carbons (Fsp3) is 0.667. The lowest BCUT2D eigenvalue weighted by molar-refractivity contribution is -0.159. The molecule has 0 fully saturated rings. The number of hydrogen-bond acceptors (Lipinski definition) is 4. The Morgan fingerprint density at radius 3 is 2.54 bits per heavy atom. The highest BCUT2D eigenvalue weighted by Crippen LogP contribution is 2.27. The molecule has 0 aliphatic carbocycles. The van der Waals surface area contributed by atoms with E-state index in [1.165, 1.54) is 6.92 Å². The van der Waals surface area contributed by atoms with Crippen molar-refractivity contribution in [1.82, 2.24) is 10.1 Å². The van der Waals surface area contributed by atoms with E-state index in [1.54, 1.807) is 0 Å². The third-order valence-electron chi connectivity index (χ3n) is 1.19. The molecule has 1 unspecified atom stereocenters. The van der Waals surface area contributed by atoms with Gasteiger partial charge in [0.1, 0.15) is 0 Å². The summed E-state index contributed by atoms with van der Waals surface area (Å²) in [6, 6.07) is 0. The zero-order valence-corrected chi connectivity index (χ0v) is 6.67. The third-order valence-corrected chi connectivity index (χ3v) is 1.19. The van der Waals surface area contributed by atoms with Gasteiger partial charge in [0.25, 0.3) is 0 Å². The van der Waals surface area contributed by atoms with Crippen molar-refractivity contribution in [2.45, 2.75) is 25.6 Å². The van der Waals surface area contributed by atoms with Gasteiger partial charge in [0.2, 0.25) is 0 Å². The van der Waals surface area contributed by atoms with Crippen molar-refractivity contribution in [3.05, 3.63) is 11.7 Å². The normalized spacial score (nSPS) is 14.5. The van der Waals surface area contributed by atoms with Crippen molar-refractivity contribution >= 4 is 0 Å². The van der Waals surface area contributed by atoms with E-state index in [-0.39, 0.29) is 12.2 Å². The van der Waals surface area contributed by atoms with Gasteiger partial charge >= 0.3 is 12.1 Å². The van der Waals surface area contributed by atoms with E-state index >= 15 is 0 Å². The van der Waals surface area contributed by atoms with E-state index in [1.807, 2.05) is 0 Å². The number of nitrogens with zero attached hydrogens (tertiary/aromatic N) is 2. The van der Waals surface area contributed by atoms with E-state index in [0.717, 1.165) is 0 Å². The SMILES string of the molecule is CC(O)Cc1noc(C(F)(F)F)n1. The monoisotopic (exact) mass is 196 g/mol. The van der Waals surface area contributed by atoms with Gasteiger partial charge in [-0.15, -0.1) is 0 Å². The number of hydrogen-bond donors (Lipinski definition) is 1. The number of halogens is 3. The van der Waals surface area contributed by atoms with Crippen LogP contribution in [-0.2, 0) is 12.6 Å². The molecule has 0 bridgehead atoms. The van der Waals surface area contributed by atoms with Crippen LogP contribution in [0.2, 0.25) is 0 Å². The minimum atomic E-state index is -4.62. The average molecular weight is 196 g/mol. The van der Waals surface area contributed by atoms with Gasteiger partial charge in [0.15, 0.2) is 5.82 Å². The van der Waals surface area contributed by atoms with Crippen LogP contribution in [0.3, 0.4) is 0 Å². The molecule has 0 aliphatic rings. The first-order chi connectivity index (χ1) is 5.89. The molecule has 74 valence electrons. The van der Waals surface area contributed by atoms with Crippen molar-refractivity contribution in [1.29, 1.82) is 0 Å². The highest BCUT2D eigenvalue weighted by Gasteiger charge is 2.38. The summed E-state index contributed by atoms with van der Waals surface area (Å²) in [6.07, 6.45) is -5.47. The molecule has 0 saturated heterocycles. The molecule has 1 aromatic rings. The van der Waals surface area contributed by atoms with Crippen LogP contribution in [-0.4, -0.2) is 21.4 Å². The summed E-state index contributed by atoms with van der Waals surface area (Å²) in [4.78, 5) is 3.06. The zero-order valence-electron chi connectivity index (χ0n) is 6.67. The maximum absolute atomic E-state index is 11.9. The highest BCUT2D eigenvalue weighted by atomic mass is 19.4. The lowest BCUT2D eigenvalue weighted by Crippen LogP contribution is -2.08. The molecule has 0 spiro atoms. The van der Waals surface area contributed by atoms with E-state index in [0.29, 0.717) is 0 Å². The third kappa shape index (κ3) is 2.69. The quantitative estimate of drug-likeness (QED) is 0.766. The van der Waals surface area contributed by atoms with Crippen LogP contribution in [0, 0.1) is 0 Å². The number of alkyl halides is 3. The van der Waals surface area contributed by atoms with Gasteiger partial charge in [-0.05, 0) is 6.92 Å². The standard InChI is InChI=1S/C6H7F3N2O2/c1-3(12)2-4-10-5(13-11-4)6(7,8)9/h3,12H,2H2,1H3. The molecular formula is C6H7F3N2O2. The van der Waals surface area contributed by atoms with Crippen LogP contribution in [0.1, 0.15) is 18.6 Å². The lowest BCUT2D eigenvalue weighted by Gasteiger charge is -1.97. The summed E-state index contributed by atoms with van der Waals surface area (Å²) in [5.41, 5.74) is 0. The maximum atomic E-state index is 11.9. The Hall–Kier alpha value is -1.11. The van der Waals surface area contributed by atoms with Crippen LogP contribution >= 0.6 is 0 Å². The number of rotatable bonds is 2. The summed E-state index contributed by atoms with van der Waals surface area (Å²) in [5.74, 6) is -1.54. The van der Waals surface area contributed by atoms with E-state index < -0.39 is 18.2 Å². The number of aliphatic hydroxyl groups excluding tert-OH is 1. The smallest absolute Gasteiger partial charge is 0.393 e.